The van der Waals surface area contributed by atoms with Gasteiger partial charge in [0.15, 0.2) is 0 Å². The Labute approximate surface area is 168 Å². The third-order valence-electron chi connectivity index (χ3n) is 4.74. The summed E-state index contributed by atoms with van der Waals surface area (Å²) in [4.78, 5) is 26.2. The molecule has 2 aromatic carbocycles. The van der Waals surface area contributed by atoms with Crippen molar-refractivity contribution in [2.75, 3.05) is 29.9 Å². The lowest BCUT2D eigenvalue weighted by atomic mass is 10.1. The summed E-state index contributed by atoms with van der Waals surface area (Å²) >= 11 is 5.66. The number of hydrogen-bond acceptors (Lipinski definition) is 3. The fraction of sp³-hybridized carbons (Fsp3) is 0.333. The quantitative estimate of drug-likeness (QED) is 0.747. The number of benzene rings is 2. The van der Waals surface area contributed by atoms with E-state index in [-0.39, 0.29) is 10.7 Å². The van der Waals surface area contributed by atoms with E-state index in [4.69, 9.17) is 11.6 Å². The molecule has 28 heavy (non-hydrogen) atoms. The van der Waals surface area contributed by atoms with Crippen LogP contribution in [-0.2, 0) is 16.0 Å². The first-order chi connectivity index (χ1) is 13.5. The summed E-state index contributed by atoms with van der Waals surface area (Å²) in [6.07, 6.45) is 4.40. The predicted molar refractivity (Wildman–Crippen MR) is 109 cm³/mol. The van der Waals surface area contributed by atoms with Crippen molar-refractivity contribution in [3.05, 3.63) is 58.9 Å². The Balaban J connectivity index is 1.44. The Hall–Kier alpha value is -2.60. The first-order valence-corrected chi connectivity index (χ1v) is 9.79. The van der Waals surface area contributed by atoms with Crippen LogP contribution in [0.1, 0.15) is 24.8 Å². The number of carbonyl (C=O) groups is 2. The van der Waals surface area contributed by atoms with Crippen LogP contribution in [0.15, 0.2) is 42.5 Å². The van der Waals surface area contributed by atoms with Gasteiger partial charge in [0.1, 0.15) is 5.82 Å². The molecule has 2 aromatic rings. The van der Waals surface area contributed by atoms with Gasteiger partial charge in [-0.15, -0.1) is 0 Å². The topological polar surface area (TPSA) is 61.4 Å². The first kappa shape index (κ1) is 20.1. The van der Waals surface area contributed by atoms with Crippen molar-refractivity contribution in [1.29, 1.82) is 0 Å². The average molecular weight is 404 g/mol. The van der Waals surface area contributed by atoms with Gasteiger partial charge in [-0.2, -0.15) is 0 Å². The van der Waals surface area contributed by atoms with E-state index < -0.39 is 17.6 Å². The third kappa shape index (κ3) is 5.45. The molecule has 2 N–H and O–H groups in total. The molecule has 0 atom stereocenters. The normalized spacial score (nSPS) is 13.9. The van der Waals surface area contributed by atoms with E-state index in [9.17, 15) is 14.0 Å². The summed E-state index contributed by atoms with van der Waals surface area (Å²) in [6, 6.07) is 12.0. The number of anilines is 2. The van der Waals surface area contributed by atoms with E-state index >= 15 is 0 Å². The van der Waals surface area contributed by atoms with Crippen molar-refractivity contribution in [2.45, 2.75) is 25.7 Å². The number of piperidine rings is 1. The molecule has 1 fully saturated rings. The fourth-order valence-electron chi connectivity index (χ4n) is 3.19. The monoisotopic (exact) mass is 403 g/mol. The highest BCUT2D eigenvalue weighted by molar-refractivity contribution is 6.39. The number of carbonyl (C=O) groups excluding carboxylic acids is 2. The highest BCUT2D eigenvalue weighted by Gasteiger charge is 2.14. The van der Waals surface area contributed by atoms with Crippen LogP contribution in [0.25, 0.3) is 0 Å². The van der Waals surface area contributed by atoms with Crippen LogP contribution in [0.5, 0.6) is 0 Å². The Morgan fingerprint density at radius 1 is 1.00 bits per heavy atom. The van der Waals surface area contributed by atoms with Crippen LogP contribution >= 0.6 is 11.6 Å². The van der Waals surface area contributed by atoms with E-state index in [1.807, 2.05) is 0 Å². The smallest absolute Gasteiger partial charge is 0.313 e. The van der Waals surface area contributed by atoms with E-state index in [1.54, 1.807) is 0 Å². The highest BCUT2D eigenvalue weighted by Crippen LogP contribution is 2.20. The SMILES string of the molecule is O=C(NCCc1ccc(N2CCCCC2)cc1)C(=O)Nc1ccc(F)c(Cl)c1. The van der Waals surface area contributed by atoms with Gasteiger partial charge in [0.25, 0.3) is 0 Å². The standard InChI is InChI=1S/C21H23ClFN3O2/c22-18-14-16(6-9-19(18)23)25-21(28)20(27)24-11-10-15-4-7-17(8-5-15)26-12-2-1-3-13-26/h4-9,14H,1-3,10-13H2,(H,24,27)(H,25,28). The summed E-state index contributed by atoms with van der Waals surface area (Å²) in [5, 5.41) is 4.86. The van der Waals surface area contributed by atoms with Gasteiger partial charge >= 0.3 is 11.8 Å². The number of nitrogens with zero attached hydrogens (tertiary/aromatic N) is 1. The predicted octanol–water partition coefficient (Wildman–Crippen LogP) is 3.77. The van der Waals surface area contributed by atoms with Crippen LogP contribution in [-0.4, -0.2) is 31.4 Å². The van der Waals surface area contributed by atoms with Gasteiger partial charge in [0.05, 0.1) is 5.02 Å². The Morgan fingerprint density at radius 2 is 1.71 bits per heavy atom. The molecule has 0 aliphatic carbocycles. The van der Waals surface area contributed by atoms with E-state index in [0.29, 0.717) is 13.0 Å². The van der Waals surface area contributed by atoms with Gasteiger partial charge < -0.3 is 15.5 Å². The summed E-state index contributed by atoms with van der Waals surface area (Å²) in [7, 11) is 0. The fourth-order valence-corrected chi connectivity index (χ4v) is 3.37. The zero-order chi connectivity index (χ0) is 19.9. The van der Waals surface area contributed by atoms with Crippen LogP contribution in [0.3, 0.4) is 0 Å². The number of halogens is 2. The van der Waals surface area contributed by atoms with E-state index in [0.717, 1.165) is 24.7 Å². The zero-order valence-corrected chi connectivity index (χ0v) is 16.3. The molecule has 7 heteroatoms. The van der Waals surface area contributed by atoms with Crippen molar-refractivity contribution in [2.24, 2.45) is 0 Å². The average Bonchev–Trinajstić information content (AvgIpc) is 2.72. The Bertz CT molecular complexity index is 836. The minimum Gasteiger partial charge on any atom is -0.372 e. The minimum absolute atomic E-state index is 0.119. The second-order valence-electron chi connectivity index (χ2n) is 6.80. The van der Waals surface area contributed by atoms with Gasteiger partial charge in [-0.3, -0.25) is 9.59 Å². The number of amides is 2. The minimum atomic E-state index is -0.817. The van der Waals surface area contributed by atoms with E-state index in [2.05, 4.69) is 39.8 Å². The molecule has 1 heterocycles. The van der Waals surface area contributed by atoms with Gasteiger partial charge in [0.2, 0.25) is 0 Å². The maximum atomic E-state index is 13.1. The van der Waals surface area contributed by atoms with Crippen molar-refractivity contribution in [1.82, 2.24) is 5.32 Å². The van der Waals surface area contributed by atoms with Crippen LogP contribution in [0.2, 0.25) is 5.02 Å². The molecule has 0 bridgehead atoms. The van der Waals surface area contributed by atoms with Gasteiger partial charge in [-0.25, -0.2) is 4.39 Å². The number of rotatable bonds is 5. The van der Waals surface area contributed by atoms with Crippen LogP contribution in [0, 0.1) is 5.82 Å². The lowest BCUT2D eigenvalue weighted by Gasteiger charge is -2.28. The first-order valence-electron chi connectivity index (χ1n) is 9.41. The summed E-state index contributed by atoms with van der Waals surface area (Å²) < 4.78 is 13.1. The summed E-state index contributed by atoms with van der Waals surface area (Å²) in [6.45, 7) is 2.55. The lowest BCUT2D eigenvalue weighted by Crippen LogP contribution is -2.36. The molecule has 0 radical (unpaired) electrons. The second-order valence-corrected chi connectivity index (χ2v) is 7.21. The lowest BCUT2D eigenvalue weighted by molar-refractivity contribution is -0.136. The molecular weight excluding hydrogens is 381 g/mol. The molecule has 1 aliphatic heterocycles. The molecule has 2 amide bonds. The molecule has 0 unspecified atom stereocenters. The van der Waals surface area contributed by atoms with Crippen LogP contribution in [0.4, 0.5) is 15.8 Å². The maximum absolute atomic E-state index is 13.1. The molecule has 1 saturated heterocycles. The number of nitrogens with one attached hydrogen (secondary N) is 2. The van der Waals surface area contributed by atoms with Crippen molar-refractivity contribution in [3.8, 4) is 0 Å². The van der Waals surface area contributed by atoms with E-state index in [1.165, 1.54) is 37.1 Å². The third-order valence-corrected chi connectivity index (χ3v) is 5.03. The molecule has 0 saturated carbocycles. The van der Waals surface area contributed by atoms with Gasteiger partial charge in [-0.1, -0.05) is 23.7 Å². The maximum Gasteiger partial charge on any atom is 0.313 e. The van der Waals surface area contributed by atoms with Crippen molar-refractivity contribution < 1.29 is 14.0 Å². The molecule has 148 valence electrons. The highest BCUT2D eigenvalue weighted by atomic mass is 35.5. The van der Waals surface area contributed by atoms with Gasteiger partial charge in [0, 0.05) is 31.0 Å². The zero-order valence-electron chi connectivity index (χ0n) is 15.5. The molecule has 0 aromatic heterocycles. The number of hydrogen-bond donors (Lipinski definition) is 2. The molecule has 5 nitrogen and oxygen atoms in total. The Morgan fingerprint density at radius 3 is 2.39 bits per heavy atom. The Kier molecular flexibility index (Phi) is 6.87. The van der Waals surface area contributed by atoms with Crippen molar-refractivity contribution >= 4 is 34.8 Å². The summed E-state index contributed by atoms with van der Waals surface area (Å²) in [5.74, 6) is -2.15. The largest absolute Gasteiger partial charge is 0.372 e. The second kappa shape index (κ2) is 9.55. The van der Waals surface area contributed by atoms with Gasteiger partial charge in [-0.05, 0) is 61.6 Å². The van der Waals surface area contributed by atoms with Crippen molar-refractivity contribution in [3.63, 3.8) is 0 Å². The molecule has 1 aliphatic rings. The molecule has 0 spiro atoms. The van der Waals surface area contributed by atoms with Crippen LogP contribution < -0.4 is 15.5 Å². The molecule has 3 rings (SSSR count). The molecular formula is C21H23ClFN3O2. The summed E-state index contributed by atoms with van der Waals surface area (Å²) in [5.41, 5.74) is 2.58.